The van der Waals surface area contributed by atoms with Gasteiger partial charge in [-0.25, -0.2) is 4.79 Å². The average Bonchev–Trinajstić information content (AvgIpc) is 2.62. The molecular formula is C10H10N2O3. The van der Waals surface area contributed by atoms with Crippen LogP contribution in [0.15, 0.2) is 17.4 Å². The van der Waals surface area contributed by atoms with Gasteiger partial charge in [0, 0.05) is 6.20 Å². The van der Waals surface area contributed by atoms with Crippen molar-refractivity contribution in [1.29, 1.82) is 0 Å². The summed E-state index contributed by atoms with van der Waals surface area (Å²) in [6, 6.07) is 1.56. The van der Waals surface area contributed by atoms with Gasteiger partial charge >= 0.3 is 5.97 Å². The first-order valence-corrected chi connectivity index (χ1v) is 4.13. The van der Waals surface area contributed by atoms with Gasteiger partial charge in [0.15, 0.2) is 0 Å². The van der Waals surface area contributed by atoms with Crippen LogP contribution in [0.4, 0.5) is 0 Å². The second-order valence-corrected chi connectivity index (χ2v) is 2.68. The number of hydrogen-bond donors (Lipinski definition) is 1. The maximum atomic E-state index is 11.3. The molecule has 5 nitrogen and oxygen atoms in total. The maximum absolute atomic E-state index is 11.3. The third kappa shape index (κ3) is 2.17. The summed E-state index contributed by atoms with van der Waals surface area (Å²) < 4.78 is 6.17. The molecule has 0 radical (unpaired) electrons. The lowest BCUT2D eigenvalue weighted by Crippen LogP contribution is -2.07. The van der Waals surface area contributed by atoms with Crippen LogP contribution < -0.4 is 0 Å². The highest BCUT2D eigenvalue weighted by molar-refractivity contribution is 5.98. The molecule has 1 aromatic heterocycles. The minimum atomic E-state index is -0.499. The van der Waals surface area contributed by atoms with Crippen LogP contribution in [0.2, 0.25) is 0 Å². The number of ether oxygens (including phenoxy) is 1. The Balaban J connectivity index is 3.18. The quantitative estimate of drug-likeness (QED) is 0.260. The topological polar surface area (TPSA) is 63.8 Å². The van der Waals surface area contributed by atoms with Gasteiger partial charge in [-0.05, 0) is 6.07 Å². The molecule has 0 saturated carbocycles. The van der Waals surface area contributed by atoms with E-state index in [0.29, 0.717) is 17.8 Å². The molecule has 0 fully saturated rings. The summed E-state index contributed by atoms with van der Waals surface area (Å²) >= 11 is 0. The molecule has 0 amide bonds. The van der Waals surface area contributed by atoms with E-state index in [2.05, 4.69) is 15.8 Å². The van der Waals surface area contributed by atoms with Gasteiger partial charge < -0.3 is 14.5 Å². The fraction of sp³-hybridized carbons (Fsp3) is 0.200. The summed E-state index contributed by atoms with van der Waals surface area (Å²) in [5.74, 6) is 1.92. The molecule has 1 aromatic rings. The summed E-state index contributed by atoms with van der Waals surface area (Å²) in [5.41, 5.74) is 0.729. The SMILES string of the molecule is C#CCn1ccc(C(=O)OC)c1C=NO. The van der Waals surface area contributed by atoms with Gasteiger partial charge in [-0.2, -0.15) is 0 Å². The van der Waals surface area contributed by atoms with Gasteiger partial charge in [0.05, 0.1) is 31.1 Å². The molecule has 0 aliphatic rings. The molecule has 0 unspecified atom stereocenters. The standard InChI is InChI=1S/C10H10N2O3/c1-3-5-12-6-4-8(10(13)15-2)9(12)7-11-14/h1,4,6-7,14H,5H2,2H3. The summed E-state index contributed by atoms with van der Waals surface area (Å²) in [7, 11) is 1.28. The predicted octanol–water partition coefficient (Wildman–Crippen LogP) is 0.716. The minimum Gasteiger partial charge on any atom is -0.465 e. The molecule has 0 spiro atoms. The number of methoxy groups -OCH3 is 1. The van der Waals surface area contributed by atoms with Crippen LogP contribution >= 0.6 is 0 Å². The second-order valence-electron chi connectivity index (χ2n) is 2.68. The number of rotatable bonds is 3. The first-order chi connectivity index (χ1) is 7.24. The van der Waals surface area contributed by atoms with E-state index in [0.717, 1.165) is 6.21 Å². The predicted molar refractivity (Wildman–Crippen MR) is 54.0 cm³/mol. The van der Waals surface area contributed by atoms with Crippen molar-refractivity contribution in [2.75, 3.05) is 7.11 Å². The number of oxime groups is 1. The molecule has 1 N–H and O–H groups in total. The van der Waals surface area contributed by atoms with Crippen molar-refractivity contribution in [2.24, 2.45) is 5.16 Å². The van der Waals surface area contributed by atoms with Crippen molar-refractivity contribution in [1.82, 2.24) is 4.57 Å². The van der Waals surface area contributed by atoms with Crippen molar-refractivity contribution in [3.05, 3.63) is 23.5 Å². The summed E-state index contributed by atoms with van der Waals surface area (Å²) in [5, 5.41) is 11.3. The van der Waals surface area contributed by atoms with E-state index in [9.17, 15) is 4.79 Å². The van der Waals surface area contributed by atoms with E-state index >= 15 is 0 Å². The fourth-order valence-electron chi connectivity index (χ4n) is 1.20. The summed E-state index contributed by atoms with van der Waals surface area (Å²) in [4.78, 5) is 11.3. The van der Waals surface area contributed by atoms with Gasteiger partial charge in [-0.3, -0.25) is 0 Å². The Morgan fingerprint density at radius 2 is 2.60 bits per heavy atom. The lowest BCUT2D eigenvalue weighted by molar-refractivity contribution is 0.0600. The molecule has 1 heterocycles. The number of carbonyl (C=O) groups excluding carboxylic acids is 1. The van der Waals surface area contributed by atoms with Crippen LogP contribution in [0.3, 0.4) is 0 Å². The zero-order chi connectivity index (χ0) is 11.3. The third-order valence-corrected chi connectivity index (χ3v) is 1.85. The Morgan fingerprint density at radius 3 is 3.13 bits per heavy atom. The molecule has 1 rings (SSSR count). The number of nitrogens with zero attached hydrogens (tertiary/aromatic N) is 2. The molecule has 0 saturated heterocycles. The Bertz CT molecular complexity index is 426. The number of aromatic nitrogens is 1. The zero-order valence-electron chi connectivity index (χ0n) is 8.17. The van der Waals surface area contributed by atoms with Gasteiger partial charge in [0.1, 0.15) is 0 Å². The maximum Gasteiger partial charge on any atom is 0.340 e. The van der Waals surface area contributed by atoms with Gasteiger partial charge in [-0.15, -0.1) is 6.42 Å². The van der Waals surface area contributed by atoms with Crippen molar-refractivity contribution >= 4 is 12.2 Å². The zero-order valence-corrected chi connectivity index (χ0v) is 8.17. The van der Waals surface area contributed by atoms with E-state index in [-0.39, 0.29) is 0 Å². The molecule has 0 aliphatic carbocycles. The van der Waals surface area contributed by atoms with Crippen LogP contribution in [-0.4, -0.2) is 29.1 Å². The van der Waals surface area contributed by atoms with E-state index in [4.69, 9.17) is 11.6 Å². The number of carbonyl (C=O) groups is 1. The molecule has 15 heavy (non-hydrogen) atoms. The van der Waals surface area contributed by atoms with Gasteiger partial charge in [0.25, 0.3) is 0 Å². The summed E-state index contributed by atoms with van der Waals surface area (Å²) in [6.07, 6.45) is 7.92. The molecule has 78 valence electrons. The average molecular weight is 206 g/mol. The minimum absolute atomic E-state index is 0.290. The van der Waals surface area contributed by atoms with E-state index in [1.807, 2.05) is 0 Å². The third-order valence-electron chi connectivity index (χ3n) is 1.85. The Kier molecular flexibility index (Phi) is 3.52. The second kappa shape index (κ2) is 4.86. The summed E-state index contributed by atoms with van der Waals surface area (Å²) in [6.45, 7) is 0.290. The van der Waals surface area contributed by atoms with Crippen LogP contribution in [-0.2, 0) is 11.3 Å². The van der Waals surface area contributed by atoms with E-state index in [1.165, 1.54) is 7.11 Å². The number of hydrogen-bond acceptors (Lipinski definition) is 4. The first-order valence-electron chi connectivity index (χ1n) is 4.13. The molecular weight excluding hydrogens is 196 g/mol. The van der Waals surface area contributed by atoms with Crippen LogP contribution in [0.25, 0.3) is 0 Å². The van der Waals surface area contributed by atoms with E-state index < -0.39 is 5.97 Å². The molecule has 0 aliphatic heterocycles. The highest BCUT2D eigenvalue weighted by Gasteiger charge is 2.14. The van der Waals surface area contributed by atoms with Crippen LogP contribution in [0.5, 0.6) is 0 Å². The van der Waals surface area contributed by atoms with E-state index in [1.54, 1.807) is 16.8 Å². The lowest BCUT2D eigenvalue weighted by Gasteiger charge is -2.02. The van der Waals surface area contributed by atoms with Gasteiger partial charge in [0.2, 0.25) is 0 Å². The van der Waals surface area contributed by atoms with Crippen LogP contribution in [0, 0.1) is 12.3 Å². The molecule has 0 atom stereocenters. The molecule has 0 aromatic carbocycles. The number of esters is 1. The normalized spacial score (nSPS) is 10.1. The van der Waals surface area contributed by atoms with Crippen molar-refractivity contribution in [3.63, 3.8) is 0 Å². The van der Waals surface area contributed by atoms with Gasteiger partial charge in [-0.1, -0.05) is 11.1 Å². The smallest absolute Gasteiger partial charge is 0.340 e. The number of terminal acetylenes is 1. The molecule has 5 heteroatoms. The highest BCUT2D eigenvalue weighted by Crippen LogP contribution is 2.10. The Morgan fingerprint density at radius 1 is 1.87 bits per heavy atom. The molecule has 0 bridgehead atoms. The lowest BCUT2D eigenvalue weighted by atomic mass is 10.2. The first kappa shape index (κ1) is 10.9. The highest BCUT2D eigenvalue weighted by atomic mass is 16.5. The fourth-order valence-corrected chi connectivity index (χ4v) is 1.20. The Labute approximate surface area is 87.0 Å². The van der Waals surface area contributed by atoms with Crippen LogP contribution in [0.1, 0.15) is 16.1 Å². The largest absolute Gasteiger partial charge is 0.465 e. The monoisotopic (exact) mass is 206 g/mol. The Hall–Kier alpha value is -2.22. The van der Waals surface area contributed by atoms with Crippen molar-refractivity contribution < 1.29 is 14.7 Å². The van der Waals surface area contributed by atoms with Crippen molar-refractivity contribution in [3.8, 4) is 12.3 Å². The van der Waals surface area contributed by atoms with Crippen molar-refractivity contribution in [2.45, 2.75) is 6.54 Å².